The molecule has 0 saturated heterocycles. The van der Waals surface area contributed by atoms with Gasteiger partial charge in [0.1, 0.15) is 0 Å². The minimum Gasteiger partial charge on any atom is -0.0776 e. The van der Waals surface area contributed by atoms with Crippen LogP contribution in [0.25, 0.3) is 0 Å². The topological polar surface area (TPSA) is 0 Å². The minimum atomic E-state index is 0. The lowest BCUT2D eigenvalue weighted by Crippen LogP contribution is -1.86. The SMILES string of the molecule is C.CC.CC1CC2CC2C1. The molecule has 0 radical (unpaired) electrons. The van der Waals surface area contributed by atoms with Gasteiger partial charge in [-0.05, 0) is 37.0 Å². The van der Waals surface area contributed by atoms with Gasteiger partial charge in [0.2, 0.25) is 0 Å². The quantitative estimate of drug-likeness (QED) is 0.483. The molecule has 0 amide bonds. The molecule has 2 saturated carbocycles. The molecule has 62 valence electrons. The Balaban J connectivity index is 0.000000251. The van der Waals surface area contributed by atoms with Gasteiger partial charge in [-0.15, -0.1) is 0 Å². The Morgan fingerprint density at radius 2 is 1.30 bits per heavy atom. The monoisotopic (exact) mass is 142 g/mol. The van der Waals surface area contributed by atoms with Gasteiger partial charge in [0.25, 0.3) is 0 Å². The first kappa shape index (κ1) is 10.0. The number of hydrogen-bond acceptors (Lipinski definition) is 0. The predicted octanol–water partition coefficient (Wildman–Crippen LogP) is 3.71. The number of rotatable bonds is 0. The molecule has 2 unspecified atom stereocenters. The molecule has 0 nitrogen and oxygen atoms in total. The van der Waals surface area contributed by atoms with Crippen molar-refractivity contribution >= 4 is 0 Å². The summed E-state index contributed by atoms with van der Waals surface area (Å²) in [6.07, 6.45) is 4.67. The third-order valence-corrected chi connectivity index (χ3v) is 2.48. The highest BCUT2D eigenvalue weighted by Gasteiger charge is 2.43. The normalized spacial score (nSPS) is 40.5. The summed E-state index contributed by atoms with van der Waals surface area (Å²) in [6.45, 7) is 6.38. The van der Waals surface area contributed by atoms with Gasteiger partial charge < -0.3 is 0 Å². The van der Waals surface area contributed by atoms with Crippen LogP contribution in [0.5, 0.6) is 0 Å². The first-order valence-electron chi connectivity index (χ1n) is 4.36. The molecule has 0 heterocycles. The molecule has 2 rings (SSSR count). The van der Waals surface area contributed by atoms with Gasteiger partial charge >= 0.3 is 0 Å². The van der Waals surface area contributed by atoms with Crippen molar-refractivity contribution in [2.75, 3.05) is 0 Å². The summed E-state index contributed by atoms with van der Waals surface area (Å²) in [5.41, 5.74) is 0. The van der Waals surface area contributed by atoms with E-state index in [0.29, 0.717) is 0 Å². The van der Waals surface area contributed by atoms with Crippen LogP contribution in [0.2, 0.25) is 0 Å². The largest absolute Gasteiger partial charge is 0.0776 e. The zero-order valence-electron chi connectivity index (χ0n) is 6.85. The molecule has 0 aromatic carbocycles. The van der Waals surface area contributed by atoms with Gasteiger partial charge in [-0.3, -0.25) is 0 Å². The Hall–Kier alpha value is 0. The molecule has 0 bridgehead atoms. The summed E-state index contributed by atoms with van der Waals surface area (Å²) in [4.78, 5) is 0. The molecular formula is C10H22. The Bertz CT molecular complexity index is 76.0. The van der Waals surface area contributed by atoms with Crippen molar-refractivity contribution in [2.45, 2.75) is 47.5 Å². The molecular weight excluding hydrogens is 120 g/mol. The van der Waals surface area contributed by atoms with E-state index in [9.17, 15) is 0 Å². The molecule has 10 heavy (non-hydrogen) atoms. The molecule has 0 N–H and O–H groups in total. The molecule has 2 atom stereocenters. The Morgan fingerprint density at radius 3 is 1.50 bits per heavy atom. The lowest BCUT2D eigenvalue weighted by atomic mass is 10.1. The van der Waals surface area contributed by atoms with Crippen LogP contribution in [0, 0.1) is 17.8 Å². The molecule has 0 aliphatic heterocycles. The molecule has 0 heteroatoms. The summed E-state index contributed by atoms with van der Waals surface area (Å²) >= 11 is 0. The van der Waals surface area contributed by atoms with Crippen LogP contribution in [-0.4, -0.2) is 0 Å². The van der Waals surface area contributed by atoms with E-state index in [1.807, 2.05) is 13.8 Å². The first-order valence-corrected chi connectivity index (χ1v) is 4.36. The maximum Gasteiger partial charge on any atom is -0.0380 e. The molecule has 0 aromatic heterocycles. The van der Waals surface area contributed by atoms with E-state index in [-0.39, 0.29) is 7.43 Å². The van der Waals surface area contributed by atoms with Crippen LogP contribution in [0.15, 0.2) is 0 Å². The fourth-order valence-electron chi connectivity index (χ4n) is 2.02. The zero-order valence-corrected chi connectivity index (χ0v) is 6.85. The molecule has 2 fully saturated rings. The van der Waals surface area contributed by atoms with E-state index < -0.39 is 0 Å². The Morgan fingerprint density at radius 1 is 0.900 bits per heavy atom. The van der Waals surface area contributed by atoms with Crippen LogP contribution in [-0.2, 0) is 0 Å². The number of fused-ring (bicyclic) bond motifs is 1. The van der Waals surface area contributed by atoms with Crippen molar-refractivity contribution in [1.29, 1.82) is 0 Å². The van der Waals surface area contributed by atoms with Crippen molar-refractivity contribution in [3.8, 4) is 0 Å². The Labute approximate surface area is 66.0 Å². The molecule has 2 aliphatic carbocycles. The molecule has 0 aromatic rings. The summed E-state index contributed by atoms with van der Waals surface area (Å²) in [5.74, 6) is 3.45. The lowest BCUT2D eigenvalue weighted by Gasteiger charge is -1.98. The third kappa shape index (κ3) is 2.00. The van der Waals surface area contributed by atoms with E-state index in [1.54, 1.807) is 19.3 Å². The minimum absolute atomic E-state index is 0. The fourth-order valence-corrected chi connectivity index (χ4v) is 2.02. The van der Waals surface area contributed by atoms with Gasteiger partial charge in [0.05, 0.1) is 0 Å². The second kappa shape index (κ2) is 4.00. The van der Waals surface area contributed by atoms with Crippen LogP contribution in [0.3, 0.4) is 0 Å². The summed E-state index contributed by atoms with van der Waals surface area (Å²) in [7, 11) is 0. The van der Waals surface area contributed by atoms with Gasteiger partial charge in [-0.2, -0.15) is 0 Å². The van der Waals surface area contributed by atoms with Crippen molar-refractivity contribution in [3.63, 3.8) is 0 Å². The summed E-state index contributed by atoms with van der Waals surface area (Å²) in [6, 6.07) is 0. The number of hydrogen-bond donors (Lipinski definition) is 0. The van der Waals surface area contributed by atoms with Crippen LogP contribution in [0.1, 0.15) is 47.5 Å². The van der Waals surface area contributed by atoms with Gasteiger partial charge in [-0.25, -0.2) is 0 Å². The zero-order chi connectivity index (χ0) is 6.85. The van der Waals surface area contributed by atoms with Gasteiger partial charge in [0, 0.05) is 0 Å². The fraction of sp³-hybridized carbons (Fsp3) is 1.00. The first-order chi connectivity index (χ1) is 4.36. The predicted molar refractivity (Wildman–Crippen MR) is 48.1 cm³/mol. The van der Waals surface area contributed by atoms with Crippen molar-refractivity contribution in [1.82, 2.24) is 0 Å². The summed E-state index contributed by atoms with van der Waals surface area (Å²) in [5, 5.41) is 0. The standard InChI is InChI=1S/C7H12.C2H6.CH4/c1-5-2-6-4-7(6)3-5;1-2;/h5-7H,2-4H2,1H3;1-2H3;1H4. The van der Waals surface area contributed by atoms with E-state index in [4.69, 9.17) is 0 Å². The van der Waals surface area contributed by atoms with Crippen molar-refractivity contribution in [2.24, 2.45) is 17.8 Å². The molecule has 2 aliphatic rings. The second-order valence-corrected chi connectivity index (χ2v) is 3.33. The van der Waals surface area contributed by atoms with Crippen molar-refractivity contribution < 1.29 is 0 Å². The molecule has 0 spiro atoms. The third-order valence-electron chi connectivity index (χ3n) is 2.48. The van der Waals surface area contributed by atoms with Crippen LogP contribution in [0.4, 0.5) is 0 Å². The van der Waals surface area contributed by atoms with Gasteiger partial charge in [0.15, 0.2) is 0 Å². The van der Waals surface area contributed by atoms with Crippen LogP contribution < -0.4 is 0 Å². The average Bonchev–Trinajstić information content (AvgIpc) is 2.46. The summed E-state index contributed by atoms with van der Waals surface area (Å²) < 4.78 is 0. The Kier molecular flexibility index (Phi) is 4.00. The lowest BCUT2D eigenvalue weighted by molar-refractivity contribution is 0.535. The highest BCUT2D eigenvalue weighted by Crippen LogP contribution is 2.53. The van der Waals surface area contributed by atoms with E-state index in [1.165, 1.54) is 11.8 Å². The van der Waals surface area contributed by atoms with Crippen LogP contribution >= 0.6 is 0 Å². The maximum atomic E-state index is 2.38. The van der Waals surface area contributed by atoms with Gasteiger partial charge in [-0.1, -0.05) is 28.2 Å². The second-order valence-electron chi connectivity index (χ2n) is 3.33. The van der Waals surface area contributed by atoms with E-state index in [0.717, 1.165) is 5.92 Å². The average molecular weight is 142 g/mol. The maximum absolute atomic E-state index is 2.38. The smallest absolute Gasteiger partial charge is 0.0380 e. The van der Waals surface area contributed by atoms with E-state index >= 15 is 0 Å². The highest BCUT2D eigenvalue weighted by atomic mass is 14.5. The van der Waals surface area contributed by atoms with E-state index in [2.05, 4.69) is 6.92 Å². The van der Waals surface area contributed by atoms with Crippen molar-refractivity contribution in [3.05, 3.63) is 0 Å². The highest BCUT2D eigenvalue weighted by molar-refractivity contribution is 4.94.